The molecule has 0 radical (unpaired) electrons. The fraction of sp³-hybridized carbons (Fsp3) is 0.308. The quantitative estimate of drug-likeness (QED) is 0.843. The van der Waals surface area contributed by atoms with Crippen LogP contribution in [0.2, 0.25) is 0 Å². The minimum atomic E-state index is -0.348. The second kappa shape index (κ2) is 5.62. The van der Waals surface area contributed by atoms with E-state index in [0.29, 0.717) is 11.4 Å². The summed E-state index contributed by atoms with van der Waals surface area (Å²) in [7, 11) is 0. The van der Waals surface area contributed by atoms with Gasteiger partial charge in [0.25, 0.3) is 5.91 Å². The first-order chi connectivity index (χ1) is 9.74. The van der Waals surface area contributed by atoms with Crippen LogP contribution in [-0.2, 0) is 0 Å². The lowest BCUT2D eigenvalue weighted by Crippen LogP contribution is -2.38. The van der Waals surface area contributed by atoms with Crippen LogP contribution in [0.25, 0.3) is 5.69 Å². The molecule has 1 aromatic carbocycles. The average molecular weight is 292 g/mol. The van der Waals surface area contributed by atoms with Crippen LogP contribution in [0.5, 0.6) is 0 Å². The van der Waals surface area contributed by atoms with Gasteiger partial charge in [-0.05, 0) is 18.2 Å². The van der Waals surface area contributed by atoms with Crippen molar-refractivity contribution in [3.8, 4) is 5.69 Å². The van der Waals surface area contributed by atoms with Gasteiger partial charge in [-0.3, -0.25) is 4.79 Å². The highest BCUT2D eigenvalue weighted by Gasteiger charge is 2.21. The van der Waals surface area contributed by atoms with Gasteiger partial charge in [-0.1, -0.05) is 11.3 Å². The Balaban J connectivity index is 1.81. The highest BCUT2D eigenvalue weighted by molar-refractivity contribution is 7.99. The highest BCUT2D eigenvalue weighted by atomic mass is 32.2. The Labute approximate surface area is 119 Å². The summed E-state index contributed by atoms with van der Waals surface area (Å²) in [6, 6.07) is 6.01. The van der Waals surface area contributed by atoms with Gasteiger partial charge in [0.05, 0.1) is 11.9 Å². The number of rotatable bonds is 2. The number of hydrogen-bond acceptors (Lipinski definition) is 4. The molecule has 3 rings (SSSR count). The van der Waals surface area contributed by atoms with Crippen molar-refractivity contribution >= 4 is 17.7 Å². The van der Waals surface area contributed by atoms with Crippen molar-refractivity contribution in [2.24, 2.45) is 0 Å². The Hall–Kier alpha value is -1.89. The lowest BCUT2D eigenvalue weighted by Gasteiger charge is -2.25. The molecule has 1 aromatic heterocycles. The highest BCUT2D eigenvalue weighted by Crippen LogP contribution is 2.13. The minimum Gasteiger partial charge on any atom is -0.336 e. The molecule has 7 heteroatoms. The molecule has 1 aliphatic heterocycles. The van der Waals surface area contributed by atoms with E-state index in [-0.39, 0.29) is 11.7 Å². The summed E-state index contributed by atoms with van der Waals surface area (Å²) in [5, 5.41) is 7.78. The number of halogens is 1. The summed E-state index contributed by atoms with van der Waals surface area (Å²) in [6.07, 6.45) is 1.54. The molecule has 1 aliphatic rings. The van der Waals surface area contributed by atoms with Crippen molar-refractivity contribution in [3.63, 3.8) is 0 Å². The number of nitrogens with zero attached hydrogens (tertiary/aromatic N) is 4. The molecule has 1 saturated heterocycles. The van der Waals surface area contributed by atoms with Crippen LogP contribution >= 0.6 is 11.8 Å². The molecule has 0 spiro atoms. The molecule has 20 heavy (non-hydrogen) atoms. The standard InChI is InChI=1S/C13H13FN4OS/c14-10-2-1-3-11(8-10)18-9-12(15-16-18)13(19)17-4-6-20-7-5-17/h1-3,8-9H,4-7H2. The first-order valence-electron chi connectivity index (χ1n) is 6.29. The van der Waals surface area contributed by atoms with Crippen molar-refractivity contribution in [1.82, 2.24) is 19.9 Å². The summed E-state index contributed by atoms with van der Waals surface area (Å²) in [5.74, 6) is 1.43. The number of thioether (sulfide) groups is 1. The van der Waals surface area contributed by atoms with Crippen LogP contribution < -0.4 is 0 Å². The van der Waals surface area contributed by atoms with E-state index in [0.717, 1.165) is 24.6 Å². The molecule has 0 N–H and O–H groups in total. The maximum Gasteiger partial charge on any atom is 0.276 e. The average Bonchev–Trinajstić information content (AvgIpc) is 2.97. The summed E-state index contributed by atoms with van der Waals surface area (Å²) in [6.45, 7) is 1.46. The lowest BCUT2D eigenvalue weighted by molar-refractivity contribution is 0.0766. The van der Waals surface area contributed by atoms with Gasteiger partial charge in [0, 0.05) is 24.6 Å². The third-order valence-electron chi connectivity index (χ3n) is 3.08. The second-order valence-electron chi connectivity index (χ2n) is 4.43. The van der Waals surface area contributed by atoms with Crippen LogP contribution in [0.3, 0.4) is 0 Å². The van der Waals surface area contributed by atoms with Crippen LogP contribution in [0, 0.1) is 5.82 Å². The Morgan fingerprint density at radius 1 is 1.30 bits per heavy atom. The molecule has 1 fully saturated rings. The van der Waals surface area contributed by atoms with Gasteiger partial charge in [0.2, 0.25) is 0 Å². The third kappa shape index (κ3) is 2.67. The van der Waals surface area contributed by atoms with Crippen LogP contribution in [0.15, 0.2) is 30.5 Å². The maximum atomic E-state index is 13.2. The van der Waals surface area contributed by atoms with E-state index in [1.165, 1.54) is 16.8 Å². The predicted octanol–water partition coefficient (Wildman–Crippen LogP) is 1.60. The van der Waals surface area contributed by atoms with E-state index in [1.807, 2.05) is 11.8 Å². The smallest absolute Gasteiger partial charge is 0.276 e. The summed E-state index contributed by atoms with van der Waals surface area (Å²) >= 11 is 1.84. The molecule has 104 valence electrons. The minimum absolute atomic E-state index is 0.118. The molecule has 0 unspecified atom stereocenters. The van der Waals surface area contributed by atoms with Gasteiger partial charge in [0.15, 0.2) is 5.69 Å². The molecule has 1 amide bonds. The first kappa shape index (κ1) is 13.1. The van der Waals surface area contributed by atoms with Crippen molar-refractivity contribution in [3.05, 3.63) is 42.0 Å². The van der Waals surface area contributed by atoms with E-state index < -0.39 is 0 Å². The van der Waals surface area contributed by atoms with Gasteiger partial charge in [-0.2, -0.15) is 11.8 Å². The van der Waals surface area contributed by atoms with Gasteiger partial charge in [0.1, 0.15) is 5.82 Å². The zero-order valence-corrected chi connectivity index (χ0v) is 11.5. The molecule has 2 heterocycles. The predicted molar refractivity (Wildman–Crippen MR) is 74.5 cm³/mol. The van der Waals surface area contributed by atoms with E-state index in [2.05, 4.69) is 10.3 Å². The van der Waals surface area contributed by atoms with Gasteiger partial charge >= 0.3 is 0 Å². The topological polar surface area (TPSA) is 51.0 Å². The number of carbonyl (C=O) groups excluding carboxylic acids is 1. The molecule has 5 nitrogen and oxygen atoms in total. The Bertz CT molecular complexity index is 624. The van der Waals surface area contributed by atoms with Crippen molar-refractivity contribution in [2.45, 2.75) is 0 Å². The number of hydrogen-bond donors (Lipinski definition) is 0. The van der Waals surface area contributed by atoms with E-state index in [1.54, 1.807) is 23.2 Å². The SMILES string of the molecule is O=C(c1cn(-c2cccc(F)c2)nn1)N1CCSCC1. The first-order valence-corrected chi connectivity index (χ1v) is 7.45. The molecule has 0 aliphatic carbocycles. The van der Waals surface area contributed by atoms with Crippen LogP contribution in [0.4, 0.5) is 4.39 Å². The van der Waals surface area contributed by atoms with Gasteiger partial charge < -0.3 is 4.90 Å². The molecule has 0 saturated carbocycles. The van der Waals surface area contributed by atoms with E-state index in [9.17, 15) is 9.18 Å². The third-order valence-corrected chi connectivity index (χ3v) is 4.03. The largest absolute Gasteiger partial charge is 0.336 e. The molecular formula is C13H13FN4OS. The second-order valence-corrected chi connectivity index (χ2v) is 5.66. The Kier molecular flexibility index (Phi) is 3.68. The molecule has 0 bridgehead atoms. The summed E-state index contributed by atoms with van der Waals surface area (Å²) in [4.78, 5) is 14.0. The zero-order chi connectivity index (χ0) is 13.9. The maximum absolute atomic E-state index is 13.2. The van der Waals surface area contributed by atoms with Gasteiger partial charge in [-0.15, -0.1) is 5.10 Å². The van der Waals surface area contributed by atoms with E-state index >= 15 is 0 Å². The normalized spacial score (nSPS) is 15.3. The molecule has 2 aromatic rings. The number of aromatic nitrogens is 3. The lowest BCUT2D eigenvalue weighted by atomic mass is 10.3. The van der Waals surface area contributed by atoms with Gasteiger partial charge in [-0.25, -0.2) is 9.07 Å². The summed E-state index contributed by atoms with van der Waals surface area (Å²) < 4.78 is 14.6. The van der Waals surface area contributed by atoms with Crippen molar-refractivity contribution in [1.29, 1.82) is 0 Å². The Morgan fingerprint density at radius 3 is 2.85 bits per heavy atom. The number of carbonyl (C=O) groups is 1. The van der Waals surface area contributed by atoms with Crippen molar-refractivity contribution < 1.29 is 9.18 Å². The van der Waals surface area contributed by atoms with E-state index in [4.69, 9.17) is 0 Å². The summed E-state index contributed by atoms with van der Waals surface area (Å²) in [5.41, 5.74) is 0.840. The fourth-order valence-electron chi connectivity index (χ4n) is 2.04. The molecular weight excluding hydrogens is 279 g/mol. The number of benzene rings is 1. The fourth-order valence-corrected chi connectivity index (χ4v) is 2.94. The number of amides is 1. The Morgan fingerprint density at radius 2 is 2.10 bits per heavy atom. The van der Waals surface area contributed by atoms with Crippen molar-refractivity contribution in [2.75, 3.05) is 24.6 Å². The van der Waals surface area contributed by atoms with Crippen LogP contribution in [0.1, 0.15) is 10.5 Å². The molecule has 0 atom stereocenters. The monoisotopic (exact) mass is 292 g/mol. The zero-order valence-electron chi connectivity index (χ0n) is 10.7. The van der Waals surface area contributed by atoms with Crippen LogP contribution in [-0.4, -0.2) is 50.4 Å².